The van der Waals surface area contributed by atoms with Crippen LogP contribution in [-0.4, -0.2) is 66.8 Å². The second-order valence-electron chi connectivity index (χ2n) is 5.70. The zero-order chi connectivity index (χ0) is 19.1. The lowest BCUT2D eigenvalue weighted by molar-refractivity contribution is -0.0316. The number of hydrogen-bond donors (Lipinski definition) is 3. The van der Waals surface area contributed by atoms with Crippen LogP contribution in [0.15, 0.2) is 29.4 Å². The molecule has 1 aromatic heterocycles. The van der Waals surface area contributed by atoms with Crippen molar-refractivity contribution in [2.75, 3.05) is 6.54 Å². The Labute approximate surface area is 149 Å². The summed E-state index contributed by atoms with van der Waals surface area (Å²) in [6.07, 6.45) is 1.76. The molecule has 0 unspecified atom stereocenters. The molecular weight excluding hydrogens is 390 g/mol. The number of carbonyl (C=O) groups is 1. The van der Waals surface area contributed by atoms with Crippen molar-refractivity contribution in [3.8, 4) is 0 Å². The molecule has 3 heterocycles. The monoisotopic (exact) mass is 405 g/mol. The third-order valence-electron chi connectivity index (χ3n) is 3.99. The molecular formula is C12H15N5O7S2. The average Bonchev–Trinajstić information content (AvgIpc) is 2.79. The van der Waals surface area contributed by atoms with E-state index >= 15 is 0 Å². The molecule has 2 bridgehead atoms. The van der Waals surface area contributed by atoms with Crippen LogP contribution >= 0.6 is 0 Å². The smallest absolute Gasteiger partial charge is 0.310 e. The Morgan fingerprint density at radius 3 is 2.65 bits per heavy atom. The number of urea groups is 1. The SMILES string of the molecule is N=C(NS(=O)(=O)c1ccccn1)[C@@H]1CC[C@@H]2CN1C(=O)N2OS(=O)(=O)O. The van der Waals surface area contributed by atoms with E-state index in [-0.39, 0.29) is 24.4 Å². The second kappa shape index (κ2) is 6.46. The Hall–Kier alpha value is -2.29. The van der Waals surface area contributed by atoms with E-state index in [1.54, 1.807) is 0 Å². The van der Waals surface area contributed by atoms with Gasteiger partial charge >= 0.3 is 16.4 Å². The maximum Gasteiger partial charge on any atom is 0.418 e. The number of carbonyl (C=O) groups excluding carboxylic acids is 1. The van der Waals surface area contributed by atoms with Crippen molar-refractivity contribution in [3.63, 3.8) is 0 Å². The van der Waals surface area contributed by atoms with Crippen LogP contribution in [0.4, 0.5) is 4.79 Å². The van der Waals surface area contributed by atoms with Gasteiger partial charge in [-0.2, -0.15) is 21.9 Å². The van der Waals surface area contributed by atoms with Crippen molar-refractivity contribution >= 4 is 32.3 Å². The van der Waals surface area contributed by atoms with Gasteiger partial charge in [0.15, 0.2) is 5.03 Å². The van der Waals surface area contributed by atoms with Gasteiger partial charge in [0, 0.05) is 12.7 Å². The predicted octanol–water partition coefficient (Wildman–Crippen LogP) is -0.660. The molecule has 1 aromatic rings. The molecule has 3 N–H and O–H groups in total. The van der Waals surface area contributed by atoms with Gasteiger partial charge in [-0.3, -0.25) is 14.7 Å². The molecule has 0 spiro atoms. The lowest BCUT2D eigenvalue weighted by atomic mass is 10.0. The molecule has 26 heavy (non-hydrogen) atoms. The van der Waals surface area contributed by atoms with Crippen molar-refractivity contribution in [1.82, 2.24) is 19.7 Å². The molecule has 142 valence electrons. The number of hydrogen-bond acceptors (Lipinski definition) is 8. The highest BCUT2D eigenvalue weighted by molar-refractivity contribution is 7.90. The van der Waals surface area contributed by atoms with Crippen molar-refractivity contribution in [3.05, 3.63) is 24.4 Å². The van der Waals surface area contributed by atoms with E-state index in [0.717, 1.165) is 4.90 Å². The van der Waals surface area contributed by atoms with E-state index in [0.29, 0.717) is 5.06 Å². The van der Waals surface area contributed by atoms with Gasteiger partial charge in [-0.1, -0.05) is 6.07 Å². The number of aromatic nitrogens is 1. The molecule has 2 fully saturated rings. The molecule has 2 aliphatic rings. The average molecular weight is 405 g/mol. The number of rotatable bonds is 5. The van der Waals surface area contributed by atoms with Crippen molar-refractivity contribution in [1.29, 1.82) is 5.41 Å². The predicted molar refractivity (Wildman–Crippen MR) is 85.7 cm³/mol. The first-order chi connectivity index (χ1) is 12.1. The fourth-order valence-corrected chi connectivity index (χ4v) is 4.28. The number of piperidine rings is 1. The highest BCUT2D eigenvalue weighted by Gasteiger charge is 2.48. The van der Waals surface area contributed by atoms with Gasteiger partial charge < -0.3 is 4.90 Å². The molecule has 0 radical (unpaired) electrons. The van der Waals surface area contributed by atoms with E-state index in [2.05, 4.69) is 14.0 Å². The lowest BCUT2D eigenvalue weighted by Gasteiger charge is -2.30. The van der Waals surface area contributed by atoms with Gasteiger partial charge in [0.2, 0.25) is 0 Å². The molecule has 3 rings (SSSR count). The van der Waals surface area contributed by atoms with E-state index < -0.39 is 44.4 Å². The van der Waals surface area contributed by atoms with Gasteiger partial charge in [-0.25, -0.2) is 9.78 Å². The summed E-state index contributed by atoms with van der Waals surface area (Å²) in [6, 6.07) is 1.86. The normalized spacial score (nSPS) is 23.2. The number of amides is 2. The number of hydroxylamine groups is 2. The third-order valence-corrected chi connectivity index (χ3v) is 5.62. The van der Waals surface area contributed by atoms with E-state index in [4.69, 9.17) is 9.96 Å². The topological polar surface area (TPSA) is 170 Å². The Bertz CT molecular complexity index is 934. The van der Waals surface area contributed by atoms with Crippen LogP contribution in [0.3, 0.4) is 0 Å². The second-order valence-corrected chi connectivity index (χ2v) is 8.33. The Kier molecular flexibility index (Phi) is 4.60. The summed E-state index contributed by atoms with van der Waals surface area (Å²) in [6.45, 7) is 0.0344. The summed E-state index contributed by atoms with van der Waals surface area (Å²) < 4.78 is 61.4. The van der Waals surface area contributed by atoms with Crippen LogP contribution in [0.25, 0.3) is 0 Å². The third kappa shape index (κ3) is 3.62. The lowest BCUT2D eigenvalue weighted by Crippen LogP contribution is -2.50. The molecule has 0 saturated carbocycles. The minimum absolute atomic E-state index is 0.0344. The zero-order valence-electron chi connectivity index (χ0n) is 13.1. The molecule has 12 nitrogen and oxygen atoms in total. The van der Waals surface area contributed by atoms with E-state index in [1.165, 1.54) is 24.4 Å². The van der Waals surface area contributed by atoms with Gasteiger partial charge in [0.1, 0.15) is 5.84 Å². The first-order valence-electron chi connectivity index (χ1n) is 7.37. The van der Waals surface area contributed by atoms with Gasteiger partial charge in [0.25, 0.3) is 10.0 Å². The zero-order valence-corrected chi connectivity index (χ0v) is 14.8. The van der Waals surface area contributed by atoms with Crippen LogP contribution < -0.4 is 4.72 Å². The minimum atomic E-state index is -4.88. The summed E-state index contributed by atoms with van der Waals surface area (Å²) in [5, 5.41) is 8.29. The summed E-state index contributed by atoms with van der Waals surface area (Å²) >= 11 is 0. The number of fused-ring (bicyclic) bond motifs is 2. The maximum atomic E-state index is 12.3. The number of nitrogens with one attached hydrogen (secondary N) is 2. The molecule has 14 heteroatoms. The summed E-state index contributed by atoms with van der Waals surface area (Å²) in [5.74, 6) is -0.448. The minimum Gasteiger partial charge on any atom is -0.310 e. The largest absolute Gasteiger partial charge is 0.418 e. The standard InChI is InChI=1S/C12H15N5O7S2/c13-11(15-25(19,20)10-3-1-2-6-14-10)9-5-4-8-7-16(9)12(18)17(8)24-26(21,22)23/h1-3,6,8-9H,4-5,7H2,(H2,13,15)(H,21,22,23)/t8-,9+/m1/s1. The molecule has 2 saturated heterocycles. The fourth-order valence-electron chi connectivity index (χ4n) is 2.90. The van der Waals surface area contributed by atoms with Gasteiger partial charge in [0.05, 0.1) is 12.1 Å². The van der Waals surface area contributed by atoms with Crippen molar-refractivity contribution in [2.24, 2.45) is 0 Å². The summed E-state index contributed by atoms with van der Waals surface area (Å²) in [7, 11) is -8.97. The fraction of sp³-hybridized carbons (Fsp3) is 0.417. The van der Waals surface area contributed by atoms with Crippen LogP contribution in [0, 0.1) is 5.41 Å². The highest BCUT2D eigenvalue weighted by Crippen LogP contribution is 2.31. The number of pyridine rings is 1. The van der Waals surface area contributed by atoms with E-state index in [9.17, 15) is 21.6 Å². The Balaban J connectivity index is 1.75. The quantitative estimate of drug-likeness (QED) is 0.329. The van der Waals surface area contributed by atoms with Gasteiger partial charge in [-0.15, -0.1) is 4.28 Å². The summed E-state index contributed by atoms with van der Waals surface area (Å²) in [4.78, 5) is 17.1. The first kappa shape index (κ1) is 18.5. The number of nitrogens with zero attached hydrogens (tertiary/aromatic N) is 3. The highest BCUT2D eigenvalue weighted by atomic mass is 32.3. The molecule has 0 aliphatic carbocycles. The number of sulfonamides is 1. The van der Waals surface area contributed by atoms with Crippen LogP contribution in [0.5, 0.6) is 0 Å². The van der Waals surface area contributed by atoms with Crippen LogP contribution in [0.2, 0.25) is 0 Å². The van der Waals surface area contributed by atoms with Crippen LogP contribution in [-0.2, 0) is 24.7 Å². The first-order valence-corrected chi connectivity index (χ1v) is 10.2. The molecule has 2 aliphatic heterocycles. The Morgan fingerprint density at radius 2 is 2.04 bits per heavy atom. The van der Waals surface area contributed by atoms with Crippen molar-refractivity contribution in [2.45, 2.75) is 30.0 Å². The van der Waals surface area contributed by atoms with Gasteiger partial charge in [-0.05, 0) is 25.0 Å². The number of amidine groups is 1. The Morgan fingerprint density at radius 1 is 1.31 bits per heavy atom. The molecule has 0 aromatic carbocycles. The van der Waals surface area contributed by atoms with Crippen molar-refractivity contribution < 1.29 is 30.5 Å². The molecule has 2 atom stereocenters. The van der Waals surface area contributed by atoms with E-state index in [1.807, 2.05) is 0 Å². The maximum absolute atomic E-state index is 12.3. The molecule has 2 amide bonds. The van der Waals surface area contributed by atoms with Crippen LogP contribution in [0.1, 0.15) is 12.8 Å². The summed E-state index contributed by atoms with van der Waals surface area (Å²) in [5.41, 5.74) is 0.